The molecule has 7 heteroatoms. The van der Waals surface area contributed by atoms with Crippen LogP contribution in [0, 0.1) is 0 Å². The standard InChI is InChI=1S/C22H21N3O4/c1-29-22(28)19(10-15-11-23-18-9-5-4-7-16(15)18)24-20(26)13-25-12-14-6-2-3-8-17(14)21(25)27/h2-9,11,19,23H,10,12-13H2,1H3,(H,24,26)/t19-/m0/s1. The van der Waals surface area contributed by atoms with Gasteiger partial charge in [0.15, 0.2) is 0 Å². The summed E-state index contributed by atoms with van der Waals surface area (Å²) in [4.78, 5) is 42.0. The quantitative estimate of drug-likeness (QED) is 0.629. The fourth-order valence-corrected chi connectivity index (χ4v) is 3.71. The predicted octanol–water partition coefficient (Wildman–Crippen LogP) is 2.02. The van der Waals surface area contributed by atoms with Crippen LogP contribution in [0.25, 0.3) is 10.9 Å². The molecule has 0 bridgehead atoms. The minimum atomic E-state index is -0.841. The molecule has 0 aliphatic carbocycles. The van der Waals surface area contributed by atoms with Gasteiger partial charge in [-0.05, 0) is 23.3 Å². The van der Waals surface area contributed by atoms with E-state index in [9.17, 15) is 14.4 Å². The highest BCUT2D eigenvalue weighted by atomic mass is 16.5. The van der Waals surface area contributed by atoms with Gasteiger partial charge in [0.2, 0.25) is 5.91 Å². The molecular weight excluding hydrogens is 370 g/mol. The Morgan fingerprint density at radius 2 is 1.93 bits per heavy atom. The number of carbonyl (C=O) groups excluding carboxylic acids is 3. The number of hydrogen-bond donors (Lipinski definition) is 2. The first kappa shape index (κ1) is 18.7. The molecule has 29 heavy (non-hydrogen) atoms. The van der Waals surface area contributed by atoms with Gasteiger partial charge in [0.25, 0.3) is 5.91 Å². The average molecular weight is 391 g/mol. The molecule has 7 nitrogen and oxygen atoms in total. The Hall–Kier alpha value is -3.61. The smallest absolute Gasteiger partial charge is 0.328 e. The van der Waals surface area contributed by atoms with E-state index in [1.165, 1.54) is 12.0 Å². The lowest BCUT2D eigenvalue weighted by Gasteiger charge is -2.19. The van der Waals surface area contributed by atoms with Gasteiger partial charge in [-0.3, -0.25) is 9.59 Å². The number of fused-ring (bicyclic) bond motifs is 2. The zero-order chi connectivity index (χ0) is 20.4. The molecule has 1 aliphatic heterocycles. The molecule has 3 aromatic rings. The Bertz CT molecular complexity index is 1090. The van der Waals surface area contributed by atoms with Crippen LogP contribution >= 0.6 is 0 Å². The maximum absolute atomic E-state index is 12.6. The second-order valence-electron chi connectivity index (χ2n) is 7.03. The van der Waals surface area contributed by atoms with Crippen molar-refractivity contribution in [1.82, 2.24) is 15.2 Å². The van der Waals surface area contributed by atoms with E-state index in [1.54, 1.807) is 12.1 Å². The molecule has 148 valence electrons. The number of amides is 2. The van der Waals surface area contributed by atoms with E-state index in [2.05, 4.69) is 10.3 Å². The fraction of sp³-hybridized carbons (Fsp3) is 0.227. The number of aromatic amines is 1. The number of ether oxygens (including phenoxy) is 1. The van der Waals surface area contributed by atoms with Crippen LogP contribution in [0.2, 0.25) is 0 Å². The molecular formula is C22H21N3O4. The molecule has 1 aliphatic rings. The Morgan fingerprint density at radius 3 is 2.72 bits per heavy atom. The van der Waals surface area contributed by atoms with Gasteiger partial charge >= 0.3 is 5.97 Å². The van der Waals surface area contributed by atoms with Gasteiger partial charge in [-0.25, -0.2) is 4.79 Å². The molecule has 2 amide bonds. The largest absolute Gasteiger partial charge is 0.467 e. The molecule has 0 saturated carbocycles. The average Bonchev–Trinajstić information content (AvgIpc) is 3.28. The lowest BCUT2D eigenvalue weighted by molar-refractivity contribution is -0.145. The maximum Gasteiger partial charge on any atom is 0.328 e. The summed E-state index contributed by atoms with van der Waals surface area (Å²) in [6, 6.07) is 14.2. The van der Waals surface area contributed by atoms with Crippen molar-refractivity contribution in [3.05, 3.63) is 71.4 Å². The molecule has 0 unspecified atom stereocenters. The van der Waals surface area contributed by atoms with E-state index in [1.807, 2.05) is 42.6 Å². The lowest BCUT2D eigenvalue weighted by Crippen LogP contribution is -2.47. The molecule has 0 spiro atoms. The third-order valence-electron chi connectivity index (χ3n) is 5.15. The van der Waals surface area contributed by atoms with Crippen LogP contribution < -0.4 is 5.32 Å². The molecule has 1 atom stereocenters. The zero-order valence-electron chi connectivity index (χ0n) is 16.0. The van der Waals surface area contributed by atoms with Gasteiger partial charge in [0, 0.05) is 35.6 Å². The van der Waals surface area contributed by atoms with Crippen molar-refractivity contribution in [3.8, 4) is 0 Å². The molecule has 2 N–H and O–H groups in total. The van der Waals surface area contributed by atoms with Gasteiger partial charge in [-0.1, -0.05) is 36.4 Å². The van der Waals surface area contributed by atoms with Gasteiger partial charge in [0.1, 0.15) is 12.6 Å². The third kappa shape index (κ3) is 3.71. The van der Waals surface area contributed by atoms with Crippen LogP contribution in [0.15, 0.2) is 54.7 Å². The van der Waals surface area contributed by atoms with E-state index in [4.69, 9.17) is 4.74 Å². The van der Waals surface area contributed by atoms with Crippen molar-refractivity contribution in [2.75, 3.05) is 13.7 Å². The van der Waals surface area contributed by atoms with Crippen molar-refractivity contribution in [2.24, 2.45) is 0 Å². The van der Waals surface area contributed by atoms with Crippen molar-refractivity contribution in [1.29, 1.82) is 0 Å². The molecule has 2 heterocycles. The van der Waals surface area contributed by atoms with Crippen molar-refractivity contribution in [2.45, 2.75) is 19.0 Å². The number of hydrogen-bond acceptors (Lipinski definition) is 4. The Balaban J connectivity index is 1.45. The number of methoxy groups -OCH3 is 1. The number of nitrogens with one attached hydrogen (secondary N) is 2. The summed E-state index contributed by atoms with van der Waals surface area (Å²) in [5.41, 5.74) is 3.37. The van der Waals surface area contributed by atoms with Crippen LogP contribution in [-0.2, 0) is 27.3 Å². The van der Waals surface area contributed by atoms with Crippen molar-refractivity contribution >= 4 is 28.7 Å². The monoisotopic (exact) mass is 391 g/mol. The first-order chi connectivity index (χ1) is 14.1. The number of para-hydroxylation sites is 1. The highest BCUT2D eigenvalue weighted by molar-refractivity contribution is 6.00. The summed E-state index contributed by atoms with van der Waals surface area (Å²) < 4.78 is 4.87. The normalized spacial score (nSPS) is 14.0. The SMILES string of the molecule is COC(=O)[C@H](Cc1c[nH]c2ccccc12)NC(=O)CN1Cc2ccccc2C1=O. The molecule has 2 aromatic carbocycles. The van der Waals surface area contributed by atoms with Gasteiger partial charge in [-0.2, -0.15) is 0 Å². The maximum atomic E-state index is 12.6. The summed E-state index contributed by atoms with van der Waals surface area (Å²) in [6.45, 7) is 0.267. The Kier molecular flexibility index (Phi) is 5.03. The number of benzene rings is 2. The number of H-pyrrole nitrogens is 1. The van der Waals surface area contributed by atoms with Gasteiger partial charge in [-0.15, -0.1) is 0 Å². The van der Waals surface area contributed by atoms with Gasteiger partial charge < -0.3 is 19.9 Å². The number of rotatable bonds is 6. The second-order valence-corrected chi connectivity index (χ2v) is 7.03. The van der Waals surface area contributed by atoms with Crippen LogP contribution in [0.3, 0.4) is 0 Å². The lowest BCUT2D eigenvalue weighted by atomic mass is 10.0. The van der Waals surface area contributed by atoms with Crippen molar-refractivity contribution in [3.63, 3.8) is 0 Å². The highest BCUT2D eigenvalue weighted by Gasteiger charge is 2.30. The van der Waals surface area contributed by atoms with Crippen molar-refractivity contribution < 1.29 is 19.1 Å². The number of nitrogens with zero attached hydrogens (tertiary/aromatic N) is 1. The second kappa shape index (κ2) is 7.79. The van der Waals surface area contributed by atoms with Crippen LogP contribution in [0.1, 0.15) is 21.5 Å². The molecule has 0 radical (unpaired) electrons. The summed E-state index contributed by atoms with van der Waals surface area (Å²) in [5, 5.41) is 3.71. The minimum Gasteiger partial charge on any atom is -0.467 e. The molecule has 0 saturated heterocycles. The summed E-state index contributed by atoms with van der Waals surface area (Å²) in [5.74, 6) is -1.11. The summed E-state index contributed by atoms with van der Waals surface area (Å²) in [7, 11) is 1.29. The first-order valence-electron chi connectivity index (χ1n) is 9.36. The number of aromatic nitrogens is 1. The predicted molar refractivity (Wildman–Crippen MR) is 107 cm³/mol. The van der Waals surface area contributed by atoms with E-state index < -0.39 is 17.9 Å². The molecule has 4 rings (SSSR count). The Labute approximate surface area is 167 Å². The third-order valence-corrected chi connectivity index (χ3v) is 5.15. The van der Waals surface area contributed by atoms with Crippen LogP contribution in [0.5, 0.6) is 0 Å². The minimum absolute atomic E-state index is 0.116. The topological polar surface area (TPSA) is 91.5 Å². The van der Waals surface area contributed by atoms with E-state index >= 15 is 0 Å². The van der Waals surface area contributed by atoms with E-state index in [0.29, 0.717) is 12.1 Å². The van der Waals surface area contributed by atoms with Crippen LogP contribution in [-0.4, -0.2) is 47.4 Å². The first-order valence-corrected chi connectivity index (χ1v) is 9.36. The Morgan fingerprint density at radius 1 is 1.17 bits per heavy atom. The number of carbonyl (C=O) groups is 3. The van der Waals surface area contributed by atoms with E-state index in [0.717, 1.165) is 22.0 Å². The fourth-order valence-electron chi connectivity index (χ4n) is 3.71. The summed E-state index contributed by atoms with van der Waals surface area (Å²) in [6.07, 6.45) is 2.12. The zero-order valence-corrected chi connectivity index (χ0v) is 16.0. The summed E-state index contributed by atoms with van der Waals surface area (Å²) >= 11 is 0. The molecule has 0 fully saturated rings. The number of esters is 1. The highest BCUT2D eigenvalue weighted by Crippen LogP contribution is 2.22. The van der Waals surface area contributed by atoms with E-state index in [-0.39, 0.29) is 18.9 Å². The van der Waals surface area contributed by atoms with Gasteiger partial charge in [0.05, 0.1) is 7.11 Å². The van der Waals surface area contributed by atoms with Crippen LogP contribution in [0.4, 0.5) is 0 Å². The molecule has 1 aromatic heterocycles.